The molecular formula is C23H37CeN3O9+3. The Hall–Kier alpha value is -1.88. The van der Waals surface area contributed by atoms with Crippen LogP contribution < -0.4 is 9.47 Å². The zero-order valence-electron chi connectivity index (χ0n) is 20.2. The van der Waals surface area contributed by atoms with E-state index in [4.69, 9.17) is 14.2 Å². The number of aliphatic imine (C=N–C) groups is 2. The number of hydrogen-bond donors (Lipinski definition) is 2. The van der Waals surface area contributed by atoms with Crippen LogP contribution in [0.3, 0.4) is 0 Å². The zero-order valence-corrected chi connectivity index (χ0v) is 23.4. The van der Waals surface area contributed by atoms with Gasteiger partial charge in [0.25, 0.3) is 0 Å². The molecule has 0 aromatic heterocycles. The van der Waals surface area contributed by atoms with E-state index in [-0.39, 0.29) is 88.4 Å². The van der Waals surface area contributed by atoms with E-state index < -0.39 is 0 Å². The summed E-state index contributed by atoms with van der Waals surface area (Å²) >= 11 is 0. The Morgan fingerprint density at radius 3 is 1.53 bits per heavy atom. The smallest absolute Gasteiger partial charge is 0.504 e. The number of phenols is 2. The number of aromatic hydroxyl groups is 2. The van der Waals surface area contributed by atoms with Crippen molar-refractivity contribution in [3.05, 3.63) is 47.5 Å². The van der Waals surface area contributed by atoms with Crippen LogP contribution in [0.4, 0.5) is 0 Å². The summed E-state index contributed by atoms with van der Waals surface area (Å²) in [6.07, 6.45) is 3.31. The van der Waals surface area contributed by atoms with Crippen LogP contribution in [0.5, 0.6) is 23.0 Å². The Kier molecular flexibility index (Phi) is 22.8. The molecule has 0 atom stereocenters. The maximum absolute atomic E-state index is 10.4. The van der Waals surface area contributed by atoms with Gasteiger partial charge in [-0.3, -0.25) is 9.98 Å². The first-order valence-electron chi connectivity index (χ1n) is 10.3. The number of benzene rings is 2. The second-order valence-corrected chi connectivity index (χ2v) is 7.07. The van der Waals surface area contributed by atoms with E-state index in [0.717, 1.165) is 13.1 Å². The Morgan fingerprint density at radius 2 is 1.11 bits per heavy atom. The monoisotopic (exact) mass is 639 g/mol. The molecule has 199 valence electrons. The van der Waals surface area contributed by atoms with Gasteiger partial charge in [0.15, 0.2) is 23.0 Å². The number of ether oxygens (including phenoxy) is 3. The molecule has 10 N–H and O–H groups in total. The zero-order chi connectivity index (χ0) is 21.9. The van der Waals surface area contributed by atoms with Crippen LogP contribution in [0, 0.1) is 41.7 Å². The first-order chi connectivity index (χ1) is 15.1. The van der Waals surface area contributed by atoms with Crippen molar-refractivity contribution in [3.63, 3.8) is 0 Å². The van der Waals surface area contributed by atoms with Gasteiger partial charge in [-0.15, -0.1) is 0 Å². The Labute approximate surface area is 244 Å². The molecule has 13 heteroatoms. The molecule has 0 unspecified atom stereocenters. The topological polar surface area (TPSA) is 222 Å². The van der Waals surface area contributed by atoms with Gasteiger partial charge >= 0.3 is 41.7 Å². The van der Waals surface area contributed by atoms with Crippen LogP contribution in [0.2, 0.25) is 0 Å². The number of phenolic OH excluding ortho intramolecular Hbond substituents is 2. The van der Waals surface area contributed by atoms with Crippen LogP contribution in [0.1, 0.15) is 11.1 Å². The molecule has 0 saturated heterocycles. The van der Waals surface area contributed by atoms with Crippen molar-refractivity contribution < 1.29 is 88.1 Å². The molecule has 4 bridgehead atoms. The van der Waals surface area contributed by atoms with Gasteiger partial charge < -0.3 is 51.2 Å². The molecular weight excluding hydrogens is 602 g/mol. The first kappa shape index (κ1) is 38.6. The quantitative estimate of drug-likeness (QED) is 0.370. The average molecular weight is 640 g/mol. The van der Waals surface area contributed by atoms with Crippen molar-refractivity contribution >= 4 is 12.4 Å². The third-order valence-corrected chi connectivity index (χ3v) is 4.71. The second kappa shape index (κ2) is 21.2. The summed E-state index contributed by atoms with van der Waals surface area (Å²) < 4.78 is 16.8. The summed E-state index contributed by atoms with van der Waals surface area (Å²) in [6.45, 7) is 3.96. The van der Waals surface area contributed by atoms with Gasteiger partial charge in [-0.25, -0.2) is 0 Å². The van der Waals surface area contributed by atoms with Gasteiger partial charge in [0.1, 0.15) is 13.2 Å². The molecule has 1 heterocycles. The minimum Gasteiger partial charge on any atom is -0.504 e. The number of nitrogens with zero attached hydrogens (tertiary/aromatic N) is 3. The second-order valence-electron chi connectivity index (χ2n) is 7.07. The molecule has 2 aromatic carbocycles. The molecule has 0 amide bonds. The van der Waals surface area contributed by atoms with Crippen molar-refractivity contribution in [2.45, 2.75) is 0 Å². The summed E-state index contributed by atoms with van der Waals surface area (Å²) in [5.41, 5.74) is 1.23. The van der Waals surface area contributed by atoms with E-state index in [1.54, 1.807) is 36.7 Å². The van der Waals surface area contributed by atoms with E-state index in [1.165, 1.54) is 0 Å². The van der Waals surface area contributed by atoms with E-state index in [2.05, 4.69) is 14.9 Å². The van der Waals surface area contributed by atoms with Crippen molar-refractivity contribution in [1.82, 2.24) is 4.90 Å². The predicted molar refractivity (Wildman–Crippen MR) is 135 cm³/mol. The summed E-state index contributed by atoms with van der Waals surface area (Å²) in [7, 11) is 2.00. The van der Waals surface area contributed by atoms with Crippen LogP contribution >= 0.6 is 0 Å². The molecule has 3 rings (SSSR count). The molecule has 36 heavy (non-hydrogen) atoms. The summed E-state index contributed by atoms with van der Waals surface area (Å²) in [4.78, 5) is 10.9. The van der Waals surface area contributed by atoms with Gasteiger partial charge in [0, 0.05) is 36.6 Å². The van der Waals surface area contributed by atoms with Gasteiger partial charge in [-0.1, -0.05) is 12.1 Å². The first-order valence-corrected chi connectivity index (χ1v) is 10.3. The Morgan fingerprint density at radius 1 is 0.694 bits per heavy atom. The SMILES string of the molecule is CN1CCN=Cc2cccc(c2O)OCCOCCOc2cccc(c2O)C=NCC1.O.O.O.O.[Ce+3]. The minimum absolute atomic E-state index is 0. The molecule has 0 spiro atoms. The molecule has 0 fully saturated rings. The van der Waals surface area contributed by atoms with Gasteiger partial charge in [-0.05, 0) is 31.3 Å². The maximum Gasteiger partial charge on any atom is 3.00 e. The van der Waals surface area contributed by atoms with Crippen molar-refractivity contribution in [3.8, 4) is 23.0 Å². The Bertz CT molecular complexity index is 845. The van der Waals surface area contributed by atoms with Crippen LogP contribution in [0.25, 0.3) is 0 Å². The molecule has 1 aliphatic rings. The fourth-order valence-corrected chi connectivity index (χ4v) is 2.94. The number of rotatable bonds is 0. The van der Waals surface area contributed by atoms with Crippen molar-refractivity contribution in [1.29, 1.82) is 0 Å². The third kappa shape index (κ3) is 12.4. The Balaban J connectivity index is -0.00000218. The van der Waals surface area contributed by atoms with Gasteiger partial charge in [-0.2, -0.15) is 0 Å². The normalized spacial score (nSPS) is 14.7. The molecule has 2 aromatic rings. The fraction of sp³-hybridized carbons (Fsp3) is 0.391. The van der Waals surface area contributed by atoms with Gasteiger partial charge in [0.05, 0.1) is 26.3 Å². The number of para-hydroxylation sites is 2. The molecule has 1 radical (unpaired) electrons. The van der Waals surface area contributed by atoms with Crippen LogP contribution in [0.15, 0.2) is 46.4 Å². The minimum atomic E-state index is 0. The summed E-state index contributed by atoms with van der Waals surface area (Å²) in [6, 6.07) is 10.6. The van der Waals surface area contributed by atoms with E-state index in [1.807, 2.05) is 19.2 Å². The van der Waals surface area contributed by atoms with Crippen LogP contribution in [-0.4, -0.2) is 109 Å². The predicted octanol–water partition coefficient (Wildman–Crippen LogP) is -0.943. The van der Waals surface area contributed by atoms with E-state index in [9.17, 15) is 10.2 Å². The molecule has 1 aliphatic heterocycles. The van der Waals surface area contributed by atoms with Gasteiger partial charge in [0.2, 0.25) is 0 Å². The third-order valence-electron chi connectivity index (χ3n) is 4.71. The summed E-state index contributed by atoms with van der Waals surface area (Å²) in [5.74, 6) is 0.912. The number of likely N-dealkylation sites (N-methyl/N-ethyl adjacent to an activating group) is 1. The fourth-order valence-electron chi connectivity index (χ4n) is 2.94. The average Bonchev–Trinajstić information content (AvgIpc) is 2.76. The molecule has 0 aliphatic carbocycles. The summed E-state index contributed by atoms with van der Waals surface area (Å²) in [5, 5.41) is 20.8. The maximum atomic E-state index is 10.4. The van der Waals surface area contributed by atoms with Crippen molar-refractivity contribution in [2.24, 2.45) is 9.98 Å². The molecule has 12 nitrogen and oxygen atoms in total. The largest absolute Gasteiger partial charge is 3.00 e. The number of hydrogen-bond acceptors (Lipinski definition) is 8. The van der Waals surface area contributed by atoms with E-state index in [0.29, 0.717) is 48.9 Å². The number of fused-ring (bicyclic) bond motifs is 4. The molecule has 0 saturated carbocycles. The van der Waals surface area contributed by atoms with Crippen molar-refractivity contribution in [2.75, 3.05) is 59.7 Å². The standard InChI is InChI=1S/C23H29N3O5.Ce.4H2O/c1-26-10-8-24-16-18-4-2-6-20(22(18)27)30-14-12-29-13-15-31-21-7-3-5-19(23(21)28)17-25-9-11-26;;;;;/h2-7,16-17,27-28H,8-15H2,1H3;;4*1H2/q;+3;;;;. The van der Waals surface area contributed by atoms with Crippen LogP contribution in [-0.2, 0) is 4.74 Å². The van der Waals surface area contributed by atoms with E-state index >= 15 is 0 Å².